The molecule has 0 fully saturated rings. The molecule has 0 heterocycles. The van der Waals surface area contributed by atoms with Crippen LogP contribution in [0.5, 0.6) is 0 Å². The van der Waals surface area contributed by atoms with Gasteiger partial charge in [0, 0.05) is 55.4 Å². The van der Waals surface area contributed by atoms with Crippen LogP contribution in [0.25, 0.3) is 0 Å². The van der Waals surface area contributed by atoms with E-state index in [1.54, 1.807) is 0 Å². The second kappa shape index (κ2) is 8.73. The number of hydrogen-bond acceptors (Lipinski definition) is 3. The van der Waals surface area contributed by atoms with E-state index in [2.05, 4.69) is 0 Å². The van der Waals surface area contributed by atoms with E-state index in [4.69, 9.17) is 10.2 Å². The first-order valence-corrected chi connectivity index (χ1v) is 4.78. The third-order valence-electron chi connectivity index (χ3n) is 1.97. The molecule has 0 saturated carbocycles. The first-order chi connectivity index (χ1) is 7.58. The van der Waals surface area contributed by atoms with Crippen LogP contribution in [0.1, 0.15) is 5.56 Å². The fourth-order valence-electron chi connectivity index (χ4n) is 1.39. The van der Waals surface area contributed by atoms with E-state index in [1.165, 1.54) is 4.90 Å². The van der Waals surface area contributed by atoms with Crippen molar-refractivity contribution in [2.45, 2.75) is 6.54 Å². The first-order valence-electron chi connectivity index (χ1n) is 4.78. The van der Waals surface area contributed by atoms with Crippen molar-refractivity contribution in [3.05, 3.63) is 35.9 Å². The van der Waals surface area contributed by atoms with Gasteiger partial charge in [-0.2, -0.15) is 0 Å². The predicted octanol–water partition coefficient (Wildman–Crippen LogP) is 0.277. The van der Waals surface area contributed by atoms with Gasteiger partial charge in [0.15, 0.2) is 0 Å². The fourth-order valence-corrected chi connectivity index (χ4v) is 1.39. The van der Waals surface area contributed by atoms with Crippen molar-refractivity contribution in [2.75, 3.05) is 13.1 Å². The van der Waals surface area contributed by atoms with Crippen molar-refractivity contribution in [1.29, 1.82) is 0 Å². The summed E-state index contributed by atoms with van der Waals surface area (Å²) in [4.78, 5) is 22.5. The number of nitrogens with zero attached hydrogens (tertiary/aromatic N) is 1. The Labute approximate surface area is 140 Å². The van der Waals surface area contributed by atoms with Crippen LogP contribution in [0.4, 0.5) is 0 Å². The standard InChI is InChI=1S/C11H13NO4.Ba/c13-10(14)7-12(8-11(15)16)6-9-4-2-1-3-5-9;/h1-5H,6-8H2,(H,13,14)(H,15,16);. The van der Waals surface area contributed by atoms with Crippen LogP contribution < -0.4 is 0 Å². The molecule has 0 unspecified atom stereocenters. The van der Waals surface area contributed by atoms with Crippen LogP contribution in [0.2, 0.25) is 0 Å². The summed E-state index contributed by atoms with van der Waals surface area (Å²) < 4.78 is 0. The summed E-state index contributed by atoms with van der Waals surface area (Å²) in [6.07, 6.45) is 0. The Balaban J connectivity index is 0.00000256. The molecule has 0 spiro atoms. The molecule has 0 aliphatic rings. The van der Waals surface area contributed by atoms with Crippen molar-refractivity contribution >= 4 is 60.8 Å². The molecular formula is C11H13BaNO4. The average Bonchev–Trinajstić information content (AvgIpc) is 2.16. The van der Waals surface area contributed by atoms with Crippen molar-refractivity contribution in [3.8, 4) is 0 Å². The molecule has 88 valence electrons. The van der Waals surface area contributed by atoms with Crippen LogP contribution in [-0.2, 0) is 16.1 Å². The van der Waals surface area contributed by atoms with E-state index >= 15 is 0 Å². The van der Waals surface area contributed by atoms with Crippen molar-refractivity contribution in [3.63, 3.8) is 0 Å². The Morgan fingerprint density at radius 2 is 1.47 bits per heavy atom. The van der Waals surface area contributed by atoms with Crippen LogP contribution in [0.3, 0.4) is 0 Å². The Morgan fingerprint density at radius 1 is 1.00 bits per heavy atom. The summed E-state index contributed by atoms with van der Waals surface area (Å²) in [6.45, 7) is -0.234. The number of aliphatic carboxylic acids is 2. The summed E-state index contributed by atoms with van der Waals surface area (Å²) in [7, 11) is 0. The molecule has 1 aromatic rings. The number of carboxylic acids is 2. The second-order valence-electron chi connectivity index (χ2n) is 3.42. The van der Waals surface area contributed by atoms with Gasteiger partial charge in [0.25, 0.3) is 0 Å². The van der Waals surface area contributed by atoms with Crippen LogP contribution in [-0.4, -0.2) is 89.0 Å². The first kappa shape index (κ1) is 16.7. The van der Waals surface area contributed by atoms with E-state index in [0.29, 0.717) is 6.54 Å². The van der Waals surface area contributed by atoms with Crippen molar-refractivity contribution in [1.82, 2.24) is 4.90 Å². The van der Waals surface area contributed by atoms with Gasteiger partial charge in [0.05, 0.1) is 13.1 Å². The number of hydrogen-bond donors (Lipinski definition) is 2. The smallest absolute Gasteiger partial charge is 0.317 e. The minimum Gasteiger partial charge on any atom is -0.480 e. The summed E-state index contributed by atoms with van der Waals surface area (Å²) in [6, 6.07) is 9.17. The molecule has 0 atom stereocenters. The van der Waals surface area contributed by atoms with Gasteiger partial charge in [-0.25, -0.2) is 0 Å². The van der Waals surface area contributed by atoms with Crippen LogP contribution >= 0.6 is 0 Å². The Bertz CT molecular complexity index is 353. The molecular weight excluding hydrogens is 347 g/mol. The van der Waals surface area contributed by atoms with Gasteiger partial charge in [0.2, 0.25) is 0 Å². The molecule has 0 aromatic heterocycles. The SMILES string of the molecule is O=C(O)CN(CC(=O)O)Cc1ccccc1.[Ba]. The summed E-state index contributed by atoms with van der Waals surface area (Å²) in [5, 5.41) is 17.3. The molecule has 6 heteroatoms. The molecule has 2 N–H and O–H groups in total. The quantitative estimate of drug-likeness (QED) is 0.713. The van der Waals surface area contributed by atoms with Crippen LogP contribution in [0.15, 0.2) is 30.3 Å². The molecule has 0 saturated heterocycles. The average molecular weight is 361 g/mol. The Kier molecular flexibility index (Phi) is 8.58. The minimum atomic E-state index is -1.03. The van der Waals surface area contributed by atoms with Crippen molar-refractivity contribution < 1.29 is 19.8 Å². The summed E-state index contributed by atoms with van der Waals surface area (Å²) >= 11 is 0. The van der Waals surface area contributed by atoms with Gasteiger partial charge in [-0.15, -0.1) is 0 Å². The number of benzene rings is 1. The normalized spacial score (nSPS) is 9.71. The summed E-state index contributed by atoms with van der Waals surface area (Å²) in [5.74, 6) is -2.06. The third-order valence-corrected chi connectivity index (χ3v) is 1.97. The van der Waals surface area contributed by atoms with Gasteiger partial charge in [-0.05, 0) is 5.56 Å². The Morgan fingerprint density at radius 3 is 1.88 bits per heavy atom. The van der Waals surface area contributed by atoms with Gasteiger partial charge in [-0.3, -0.25) is 14.5 Å². The van der Waals surface area contributed by atoms with E-state index in [1.807, 2.05) is 30.3 Å². The van der Waals surface area contributed by atoms with E-state index in [0.717, 1.165) is 5.56 Å². The zero-order valence-electron chi connectivity index (χ0n) is 9.37. The molecule has 17 heavy (non-hydrogen) atoms. The molecule has 0 amide bonds. The molecule has 1 rings (SSSR count). The topological polar surface area (TPSA) is 77.8 Å². The van der Waals surface area contributed by atoms with E-state index in [9.17, 15) is 9.59 Å². The molecule has 0 aliphatic carbocycles. The number of rotatable bonds is 6. The van der Waals surface area contributed by atoms with Crippen molar-refractivity contribution in [2.24, 2.45) is 0 Å². The third kappa shape index (κ3) is 7.59. The number of carbonyl (C=O) groups is 2. The minimum absolute atomic E-state index is 0. The van der Waals surface area contributed by atoms with Gasteiger partial charge in [0.1, 0.15) is 0 Å². The van der Waals surface area contributed by atoms with E-state index < -0.39 is 11.9 Å². The fraction of sp³-hybridized carbons (Fsp3) is 0.273. The Hall–Kier alpha value is -0.309. The summed E-state index contributed by atoms with van der Waals surface area (Å²) in [5.41, 5.74) is 0.894. The second-order valence-corrected chi connectivity index (χ2v) is 3.42. The van der Waals surface area contributed by atoms with Gasteiger partial charge >= 0.3 is 11.9 Å². The molecule has 5 nitrogen and oxygen atoms in total. The maximum atomic E-state index is 10.5. The monoisotopic (exact) mass is 361 g/mol. The molecule has 1 aromatic carbocycles. The van der Waals surface area contributed by atoms with E-state index in [-0.39, 0.29) is 62.0 Å². The molecule has 0 bridgehead atoms. The zero-order valence-corrected chi connectivity index (χ0v) is 13.8. The largest absolute Gasteiger partial charge is 0.480 e. The number of carboxylic acid groups (broad SMARTS) is 2. The van der Waals surface area contributed by atoms with Crippen LogP contribution in [0, 0.1) is 0 Å². The maximum Gasteiger partial charge on any atom is 0.317 e. The maximum absolute atomic E-state index is 10.5. The predicted molar refractivity (Wildman–Crippen MR) is 62.7 cm³/mol. The zero-order chi connectivity index (χ0) is 12.0. The molecule has 2 radical (unpaired) electrons. The van der Waals surface area contributed by atoms with Gasteiger partial charge in [-0.1, -0.05) is 30.3 Å². The van der Waals surface area contributed by atoms with Gasteiger partial charge < -0.3 is 10.2 Å². The molecule has 0 aliphatic heterocycles.